The van der Waals surface area contributed by atoms with Crippen molar-refractivity contribution < 1.29 is 19.1 Å². The fraction of sp³-hybridized carbons (Fsp3) is 0.250. The highest BCUT2D eigenvalue weighted by atomic mass is 35.5. The van der Waals surface area contributed by atoms with Crippen LogP contribution in [0.15, 0.2) is 40.7 Å². The molecule has 29 heavy (non-hydrogen) atoms. The van der Waals surface area contributed by atoms with Crippen LogP contribution in [0.1, 0.15) is 26.7 Å². The number of allylic oxidation sites excluding steroid dienone is 3. The first kappa shape index (κ1) is 20.8. The molecule has 0 bridgehead atoms. The Labute approximate surface area is 176 Å². The standard InChI is InChI=1S/C20H15Cl2N3O4/c1-10(2)13-7-12(3-4-17(13)26)29-20-14(21)5-11(6-15(20)22)25-19(28)8-18(27)16(9-23)24-25/h3,5-7,10H,4,8H2,1-2H3. The van der Waals surface area contributed by atoms with Gasteiger partial charge in [0.05, 0.1) is 22.2 Å². The number of carbonyl (C=O) groups excluding carboxylic acids is 3. The number of Topliss-reactive ketones (excluding diaryl/α,β-unsaturated/α-hetero) is 2. The van der Waals surface area contributed by atoms with Crippen molar-refractivity contribution in [2.24, 2.45) is 11.0 Å². The zero-order valence-electron chi connectivity index (χ0n) is 15.5. The molecule has 1 amide bonds. The molecule has 2 aliphatic rings. The van der Waals surface area contributed by atoms with Gasteiger partial charge in [-0.05, 0) is 30.2 Å². The van der Waals surface area contributed by atoms with E-state index in [9.17, 15) is 14.4 Å². The number of hydrazone groups is 1. The lowest BCUT2D eigenvalue weighted by Crippen LogP contribution is -2.36. The third-order valence-electron chi connectivity index (χ3n) is 4.30. The van der Waals surface area contributed by atoms with Gasteiger partial charge in [-0.2, -0.15) is 15.4 Å². The van der Waals surface area contributed by atoms with Crippen molar-refractivity contribution in [2.45, 2.75) is 26.7 Å². The summed E-state index contributed by atoms with van der Waals surface area (Å²) in [7, 11) is 0. The normalized spacial score (nSPS) is 17.0. The first-order valence-electron chi connectivity index (χ1n) is 8.68. The minimum atomic E-state index is -0.641. The quantitative estimate of drug-likeness (QED) is 0.670. The predicted molar refractivity (Wildman–Crippen MR) is 108 cm³/mol. The van der Waals surface area contributed by atoms with Gasteiger partial charge in [0.2, 0.25) is 11.5 Å². The fourth-order valence-corrected chi connectivity index (χ4v) is 3.39. The summed E-state index contributed by atoms with van der Waals surface area (Å²) in [6, 6.07) is 4.46. The number of ether oxygens (including phenoxy) is 1. The number of rotatable bonds is 4. The number of ketones is 2. The Morgan fingerprint density at radius 1 is 1.17 bits per heavy atom. The molecule has 1 aliphatic heterocycles. The van der Waals surface area contributed by atoms with Gasteiger partial charge in [-0.1, -0.05) is 37.0 Å². The molecular formula is C20H15Cl2N3O4. The van der Waals surface area contributed by atoms with Crippen LogP contribution in [0.2, 0.25) is 10.0 Å². The van der Waals surface area contributed by atoms with Gasteiger partial charge in [0.25, 0.3) is 5.91 Å². The number of hydrogen-bond donors (Lipinski definition) is 0. The fourth-order valence-electron chi connectivity index (χ4n) is 2.84. The number of nitriles is 1. The van der Waals surface area contributed by atoms with Crippen LogP contribution >= 0.6 is 23.2 Å². The summed E-state index contributed by atoms with van der Waals surface area (Å²) in [5.41, 5.74) is 0.470. The van der Waals surface area contributed by atoms with Gasteiger partial charge in [0.15, 0.2) is 11.5 Å². The number of hydrogen-bond acceptors (Lipinski definition) is 6. The summed E-state index contributed by atoms with van der Waals surface area (Å²) < 4.78 is 5.80. The molecule has 0 unspecified atom stereocenters. The minimum Gasteiger partial charge on any atom is -0.455 e. The molecule has 1 aromatic rings. The van der Waals surface area contributed by atoms with Crippen molar-refractivity contribution in [3.63, 3.8) is 0 Å². The van der Waals surface area contributed by atoms with E-state index in [2.05, 4.69) is 5.10 Å². The number of halogens is 2. The molecule has 7 nitrogen and oxygen atoms in total. The summed E-state index contributed by atoms with van der Waals surface area (Å²) in [6.07, 6.45) is 3.04. The summed E-state index contributed by atoms with van der Waals surface area (Å²) >= 11 is 12.6. The van der Waals surface area contributed by atoms with Crippen LogP contribution in [-0.4, -0.2) is 23.2 Å². The lowest BCUT2D eigenvalue weighted by molar-refractivity contribution is -0.124. The molecule has 148 valence electrons. The second-order valence-electron chi connectivity index (χ2n) is 6.69. The minimum absolute atomic E-state index is 0.0317. The Bertz CT molecular complexity index is 1040. The first-order valence-corrected chi connectivity index (χ1v) is 9.43. The van der Waals surface area contributed by atoms with E-state index in [1.165, 1.54) is 12.1 Å². The Balaban J connectivity index is 1.92. The van der Waals surface area contributed by atoms with E-state index in [4.69, 9.17) is 33.2 Å². The zero-order chi connectivity index (χ0) is 21.3. The van der Waals surface area contributed by atoms with E-state index in [0.29, 0.717) is 11.3 Å². The lowest BCUT2D eigenvalue weighted by atomic mass is 9.93. The first-order chi connectivity index (χ1) is 13.7. The summed E-state index contributed by atoms with van der Waals surface area (Å²) in [5, 5.41) is 13.9. The number of benzene rings is 1. The largest absolute Gasteiger partial charge is 0.455 e. The second-order valence-corrected chi connectivity index (χ2v) is 7.51. The second kappa shape index (κ2) is 8.19. The molecule has 0 saturated heterocycles. The Morgan fingerprint density at radius 2 is 1.83 bits per heavy atom. The lowest BCUT2D eigenvalue weighted by Gasteiger charge is -2.22. The predicted octanol–water partition coefficient (Wildman–Crippen LogP) is 4.00. The van der Waals surface area contributed by atoms with Crippen LogP contribution in [0.5, 0.6) is 5.75 Å². The SMILES string of the molecule is CC(C)C1=CC(Oc2c(Cl)cc(N3N=C(C#N)C(=O)CC3=O)cc2Cl)=CCC1=O. The Kier molecular flexibility index (Phi) is 5.87. The van der Waals surface area contributed by atoms with Crippen LogP contribution in [0, 0.1) is 17.2 Å². The van der Waals surface area contributed by atoms with Gasteiger partial charge >= 0.3 is 0 Å². The van der Waals surface area contributed by atoms with Crippen LogP contribution in [0.25, 0.3) is 0 Å². The molecule has 0 saturated carbocycles. The van der Waals surface area contributed by atoms with Gasteiger partial charge in [0, 0.05) is 12.0 Å². The molecule has 1 aromatic carbocycles. The van der Waals surface area contributed by atoms with E-state index in [-0.39, 0.29) is 45.3 Å². The number of carbonyl (C=O) groups is 3. The third-order valence-corrected chi connectivity index (χ3v) is 4.86. The van der Waals surface area contributed by atoms with Gasteiger partial charge in [-0.15, -0.1) is 0 Å². The van der Waals surface area contributed by atoms with Crippen molar-refractivity contribution in [1.82, 2.24) is 0 Å². The van der Waals surface area contributed by atoms with Gasteiger partial charge in [-0.25, -0.2) is 0 Å². The number of amides is 1. The number of nitrogens with zero attached hydrogens (tertiary/aromatic N) is 3. The molecular weight excluding hydrogens is 417 g/mol. The van der Waals surface area contributed by atoms with E-state index in [0.717, 1.165) is 5.01 Å². The van der Waals surface area contributed by atoms with Crippen LogP contribution < -0.4 is 9.75 Å². The smallest absolute Gasteiger partial charge is 0.255 e. The van der Waals surface area contributed by atoms with E-state index >= 15 is 0 Å². The molecule has 1 heterocycles. The molecule has 0 N–H and O–H groups in total. The van der Waals surface area contributed by atoms with Crippen molar-refractivity contribution in [2.75, 3.05) is 5.01 Å². The van der Waals surface area contributed by atoms with E-state index in [1.54, 1.807) is 18.2 Å². The van der Waals surface area contributed by atoms with Gasteiger partial charge in [0.1, 0.15) is 11.8 Å². The summed E-state index contributed by atoms with van der Waals surface area (Å²) in [4.78, 5) is 35.7. The molecule has 0 spiro atoms. The van der Waals surface area contributed by atoms with Gasteiger partial charge < -0.3 is 4.74 Å². The average Bonchev–Trinajstić information content (AvgIpc) is 2.65. The molecule has 9 heteroatoms. The van der Waals surface area contributed by atoms with Gasteiger partial charge in [-0.3, -0.25) is 14.4 Å². The molecule has 0 aromatic heterocycles. The maximum absolute atomic E-state index is 12.1. The van der Waals surface area contributed by atoms with Crippen LogP contribution in [-0.2, 0) is 14.4 Å². The topological polar surface area (TPSA) is 99.8 Å². The average molecular weight is 432 g/mol. The molecule has 0 atom stereocenters. The van der Waals surface area contributed by atoms with Crippen molar-refractivity contribution in [3.8, 4) is 11.8 Å². The Morgan fingerprint density at radius 3 is 2.41 bits per heavy atom. The number of anilines is 1. The Hall–Kier alpha value is -2.95. The monoisotopic (exact) mass is 431 g/mol. The van der Waals surface area contributed by atoms with Crippen molar-refractivity contribution in [1.29, 1.82) is 5.26 Å². The zero-order valence-corrected chi connectivity index (χ0v) is 17.0. The summed E-state index contributed by atoms with van der Waals surface area (Å²) in [5.74, 6) is -0.575. The van der Waals surface area contributed by atoms with Crippen LogP contribution in [0.4, 0.5) is 5.69 Å². The van der Waals surface area contributed by atoms with Crippen molar-refractivity contribution in [3.05, 3.63) is 45.7 Å². The summed E-state index contributed by atoms with van der Waals surface area (Å²) in [6.45, 7) is 3.83. The molecule has 1 aliphatic carbocycles. The maximum Gasteiger partial charge on any atom is 0.255 e. The highest BCUT2D eigenvalue weighted by Gasteiger charge is 2.29. The molecule has 3 rings (SSSR count). The van der Waals surface area contributed by atoms with E-state index < -0.39 is 18.1 Å². The highest BCUT2D eigenvalue weighted by molar-refractivity contribution is 6.50. The highest BCUT2D eigenvalue weighted by Crippen LogP contribution is 2.39. The maximum atomic E-state index is 12.1. The van der Waals surface area contributed by atoms with E-state index in [1.807, 2.05) is 13.8 Å². The molecule has 0 radical (unpaired) electrons. The molecule has 0 fully saturated rings. The third kappa shape index (κ3) is 4.24. The van der Waals surface area contributed by atoms with Crippen LogP contribution in [0.3, 0.4) is 0 Å². The van der Waals surface area contributed by atoms with Crippen molar-refractivity contribution >= 4 is 52.1 Å².